The topological polar surface area (TPSA) is 54.2 Å². The molecule has 1 aromatic heterocycles. The second-order valence-electron chi connectivity index (χ2n) is 4.94. The summed E-state index contributed by atoms with van der Waals surface area (Å²) in [7, 11) is 0. The summed E-state index contributed by atoms with van der Waals surface area (Å²) in [6.07, 6.45) is 4.46. The van der Waals surface area contributed by atoms with Gasteiger partial charge in [0, 0.05) is 18.8 Å². The molecule has 2 rings (SSSR count). The SMILES string of the molecule is Cc1ccnc(NC(C)CN2CCCC2)c1N. The Morgan fingerprint density at radius 2 is 2.18 bits per heavy atom. The Labute approximate surface area is 103 Å². The number of nitrogens with zero attached hydrogens (tertiary/aromatic N) is 2. The molecule has 4 nitrogen and oxygen atoms in total. The zero-order valence-electron chi connectivity index (χ0n) is 10.7. The molecular weight excluding hydrogens is 212 g/mol. The maximum absolute atomic E-state index is 6.00. The number of hydrogen-bond acceptors (Lipinski definition) is 4. The van der Waals surface area contributed by atoms with Gasteiger partial charge in [0.05, 0.1) is 5.69 Å². The van der Waals surface area contributed by atoms with Crippen molar-refractivity contribution < 1.29 is 0 Å². The molecule has 0 saturated carbocycles. The Hall–Kier alpha value is -1.29. The lowest BCUT2D eigenvalue weighted by atomic mass is 10.2. The largest absolute Gasteiger partial charge is 0.396 e. The summed E-state index contributed by atoms with van der Waals surface area (Å²) in [5.41, 5.74) is 7.84. The van der Waals surface area contributed by atoms with Gasteiger partial charge in [-0.1, -0.05) is 0 Å². The van der Waals surface area contributed by atoms with E-state index in [2.05, 4.69) is 22.1 Å². The third-order valence-corrected chi connectivity index (χ3v) is 3.32. The number of aryl methyl sites for hydroxylation is 1. The smallest absolute Gasteiger partial charge is 0.149 e. The van der Waals surface area contributed by atoms with Crippen LogP contribution < -0.4 is 11.1 Å². The summed E-state index contributed by atoms with van der Waals surface area (Å²) in [5.74, 6) is 0.816. The van der Waals surface area contributed by atoms with E-state index in [4.69, 9.17) is 5.73 Å². The molecule has 1 aromatic rings. The standard InChI is InChI=1S/C13H22N4/c1-10-5-6-15-13(12(10)14)16-11(2)9-17-7-3-4-8-17/h5-6,11H,3-4,7-9,14H2,1-2H3,(H,15,16). The molecular formula is C13H22N4. The molecule has 1 unspecified atom stereocenters. The zero-order chi connectivity index (χ0) is 12.3. The molecule has 0 aromatic carbocycles. The Kier molecular flexibility index (Phi) is 3.84. The predicted molar refractivity (Wildman–Crippen MR) is 72.1 cm³/mol. The third kappa shape index (κ3) is 3.09. The molecule has 1 aliphatic heterocycles. The molecule has 2 heterocycles. The molecule has 0 radical (unpaired) electrons. The van der Waals surface area contributed by atoms with E-state index >= 15 is 0 Å². The maximum atomic E-state index is 6.00. The second-order valence-corrected chi connectivity index (χ2v) is 4.94. The van der Waals surface area contributed by atoms with Gasteiger partial charge in [-0.05, 0) is 51.4 Å². The Morgan fingerprint density at radius 3 is 2.88 bits per heavy atom. The third-order valence-electron chi connectivity index (χ3n) is 3.32. The van der Waals surface area contributed by atoms with Gasteiger partial charge in [-0.25, -0.2) is 4.98 Å². The van der Waals surface area contributed by atoms with Crippen LogP contribution in [0.3, 0.4) is 0 Å². The summed E-state index contributed by atoms with van der Waals surface area (Å²) in [5, 5.41) is 3.40. The van der Waals surface area contributed by atoms with Gasteiger partial charge in [0.1, 0.15) is 5.82 Å². The van der Waals surface area contributed by atoms with E-state index in [1.807, 2.05) is 13.0 Å². The molecule has 0 bridgehead atoms. The minimum atomic E-state index is 0.379. The number of likely N-dealkylation sites (tertiary alicyclic amines) is 1. The lowest BCUT2D eigenvalue weighted by molar-refractivity contribution is 0.327. The van der Waals surface area contributed by atoms with Crippen LogP contribution in [0.1, 0.15) is 25.3 Å². The van der Waals surface area contributed by atoms with Gasteiger partial charge in [-0.15, -0.1) is 0 Å². The van der Waals surface area contributed by atoms with Crippen molar-refractivity contribution in [2.45, 2.75) is 32.7 Å². The fraction of sp³-hybridized carbons (Fsp3) is 0.615. The Bertz CT molecular complexity index is 372. The summed E-state index contributed by atoms with van der Waals surface area (Å²) < 4.78 is 0. The van der Waals surface area contributed by atoms with Crippen molar-refractivity contribution in [3.63, 3.8) is 0 Å². The first kappa shape index (κ1) is 12.2. The van der Waals surface area contributed by atoms with Crippen molar-refractivity contribution in [1.82, 2.24) is 9.88 Å². The summed E-state index contributed by atoms with van der Waals surface area (Å²) in [4.78, 5) is 6.79. The van der Waals surface area contributed by atoms with E-state index < -0.39 is 0 Å². The van der Waals surface area contributed by atoms with Crippen molar-refractivity contribution in [3.8, 4) is 0 Å². The van der Waals surface area contributed by atoms with E-state index in [1.54, 1.807) is 6.20 Å². The van der Waals surface area contributed by atoms with Crippen molar-refractivity contribution >= 4 is 11.5 Å². The van der Waals surface area contributed by atoms with E-state index in [-0.39, 0.29) is 0 Å². The molecule has 1 atom stereocenters. The van der Waals surface area contributed by atoms with Crippen LogP contribution in [-0.2, 0) is 0 Å². The normalized spacial score (nSPS) is 18.2. The van der Waals surface area contributed by atoms with Crippen molar-refractivity contribution in [1.29, 1.82) is 0 Å². The van der Waals surface area contributed by atoms with Crippen molar-refractivity contribution in [2.24, 2.45) is 0 Å². The molecule has 0 amide bonds. The number of nitrogens with one attached hydrogen (secondary N) is 1. The minimum Gasteiger partial charge on any atom is -0.396 e. The lowest BCUT2D eigenvalue weighted by Crippen LogP contribution is -2.33. The average molecular weight is 234 g/mol. The number of nitrogens with two attached hydrogens (primary N) is 1. The number of anilines is 2. The quantitative estimate of drug-likeness (QED) is 0.835. The van der Waals surface area contributed by atoms with Crippen LogP contribution in [0.5, 0.6) is 0 Å². The molecule has 17 heavy (non-hydrogen) atoms. The number of hydrogen-bond donors (Lipinski definition) is 2. The monoisotopic (exact) mass is 234 g/mol. The molecule has 4 heteroatoms. The van der Waals surface area contributed by atoms with Gasteiger partial charge in [0.2, 0.25) is 0 Å². The fourth-order valence-corrected chi connectivity index (χ4v) is 2.32. The van der Waals surface area contributed by atoms with Crippen LogP contribution in [0, 0.1) is 6.92 Å². The first-order chi connectivity index (χ1) is 8.16. The van der Waals surface area contributed by atoms with Gasteiger partial charge in [-0.2, -0.15) is 0 Å². The highest BCUT2D eigenvalue weighted by atomic mass is 15.2. The molecule has 3 N–H and O–H groups in total. The molecule has 94 valence electrons. The van der Waals surface area contributed by atoms with E-state index in [1.165, 1.54) is 25.9 Å². The van der Waals surface area contributed by atoms with Gasteiger partial charge in [0.15, 0.2) is 0 Å². The van der Waals surface area contributed by atoms with Crippen molar-refractivity contribution in [2.75, 3.05) is 30.7 Å². The van der Waals surface area contributed by atoms with Gasteiger partial charge in [0.25, 0.3) is 0 Å². The van der Waals surface area contributed by atoms with Crippen LogP contribution in [0.15, 0.2) is 12.3 Å². The first-order valence-electron chi connectivity index (χ1n) is 6.37. The van der Waals surface area contributed by atoms with Crippen LogP contribution in [-0.4, -0.2) is 35.6 Å². The molecule has 1 aliphatic rings. The van der Waals surface area contributed by atoms with Gasteiger partial charge in [-0.3, -0.25) is 0 Å². The zero-order valence-corrected chi connectivity index (χ0v) is 10.7. The summed E-state index contributed by atoms with van der Waals surface area (Å²) in [6.45, 7) is 7.70. The van der Waals surface area contributed by atoms with Gasteiger partial charge < -0.3 is 16.0 Å². The maximum Gasteiger partial charge on any atom is 0.149 e. The van der Waals surface area contributed by atoms with E-state index in [0.717, 1.165) is 23.6 Å². The molecule has 1 saturated heterocycles. The van der Waals surface area contributed by atoms with Crippen LogP contribution in [0.4, 0.5) is 11.5 Å². The van der Waals surface area contributed by atoms with Gasteiger partial charge >= 0.3 is 0 Å². The number of nitrogen functional groups attached to an aromatic ring is 1. The summed E-state index contributed by atoms with van der Waals surface area (Å²) in [6, 6.07) is 2.32. The predicted octanol–water partition coefficient (Wildman–Crippen LogP) is 1.87. The average Bonchev–Trinajstić information content (AvgIpc) is 2.77. The van der Waals surface area contributed by atoms with Crippen LogP contribution in [0.2, 0.25) is 0 Å². The van der Waals surface area contributed by atoms with E-state index in [9.17, 15) is 0 Å². The lowest BCUT2D eigenvalue weighted by Gasteiger charge is -2.22. The molecule has 0 aliphatic carbocycles. The first-order valence-corrected chi connectivity index (χ1v) is 6.37. The highest BCUT2D eigenvalue weighted by Gasteiger charge is 2.15. The van der Waals surface area contributed by atoms with Crippen LogP contribution >= 0.6 is 0 Å². The number of pyridine rings is 1. The van der Waals surface area contributed by atoms with Crippen molar-refractivity contribution in [3.05, 3.63) is 17.8 Å². The second kappa shape index (κ2) is 5.36. The Morgan fingerprint density at radius 1 is 1.47 bits per heavy atom. The van der Waals surface area contributed by atoms with E-state index in [0.29, 0.717) is 6.04 Å². The highest BCUT2D eigenvalue weighted by molar-refractivity contribution is 5.65. The minimum absolute atomic E-state index is 0.379. The highest BCUT2D eigenvalue weighted by Crippen LogP contribution is 2.19. The molecule has 0 spiro atoms. The van der Waals surface area contributed by atoms with Crippen LogP contribution in [0.25, 0.3) is 0 Å². The summed E-state index contributed by atoms with van der Waals surface area (Å²) >= 11 is 0. The fourth-order valence-electron chi connectivity index (χ4n) is 2.32. The number of aromatic nitrogens is 1. The molecule has 1 fully saturated rings. The Balaban J connectivity index is 1.93. The number of rotatable bonds is 4.